The molecule has 0 aliphatic carbocycles. The Morgan fingerprint density at radius 2 is 1.96 bits per heavy atom. The summed E-state index contributed by atoms with van der Waals surface area (Å²) in [6.45, 7) is 2.19. The molecule has 1 aromatic heterocycles. The fourth-order valence-corrected chi connectivity index (χ4v) is 4.09. The van der Waals surface area contributed by atoms with E-state index in [2.05, 4.69) is 55.5 Å². The smallest absolute Gasteiger partial charge is 0.156 e. The van der Waals surface area contributed by atoms with E-state index in [-0.39, 0.29) is 0 Å². The van der Waals surface area contributed by atoms with Gasteiger partial charge in [0.25, 0.3) is 0 Å². The molecule has 27 heavy (non-hydrogen) atoms. The van der Waals surface area contributed by atoms with Crippen molar-refractivity contribution in [3.05, 3.63) is 46.9 Å². The van der Waals surface area contributed by atoms with E-state index < -0.39 is 0 Å². The molecule has 0 saturated carbocycles. The van der Waals surface area contributed by atoms with Gasteiger partial charge in [-0.25, -0.2) is 0 Å². The Labute approximate surface area is 167 Å². The van der Waals surface area contributed by atoms with Gasteiger partial charge in [0.1, 0.15) is 11.4 Å². The van der Waals surface area contributed by atoms with Crippen molar-refractivity contribution < 1.29 is 4.74 Å². The number of halogens is 1. The van der Waals surface area contributed by atoms with Crippen LogP contribution in [0.5, 0.6) is 5.75 Å². The molecule has 1 atom stereocenters. The van der Waals surface area contributed by atoms with E-state index in [1.165, 1.54) is 6.42 Å². The highest BCUT2D eigenvalue weighted by molar-refractivity contribution is 9.10. The summed E-state index contributed by atoms with van der Waals surface area (Å²) >= 11 is 3.50. The van der Waals surface area contributed by atoms with Gasteiger partial charge in [0.15, 0.2) is 5.82 Å². The molecule has 0 bridgehead atoms. The lowest BCUT2D eigenvalue weighted by atomic mass is 10.0. The normalized spacial score (nSPS) is 17.8. The third kappa shape index (κ3) is 3.77. The summed E-state index contributed by atoms with van der Waals surface area (Å²) in [6.07, 6.45) is 2.36. The van der Waals surface area contributed by atoms with Crippen LogP contribution in [0.1, 0.15) is 12.8 Å². The predicted octanol–water partition coefficient (Wildman–Crippen LogP) is 4.57. The number of methoxy groups -OCH3 is 1. The average Bonchev–Trinajstić information content (AvgIpc) is 2.68. The van der Waals surface area contributed by atoms with Crippen LogP contribution < -0.4 is 10.1 Å². The van der Waals surface area contributed by atoms with E-state index >= 15 is 0 Å². The minimum absolute atomic E-state index is 0.398. The lowest BCUT2D eigenvalue weighted by molar-refractivity contribution is 0.261. The largest absolute Gasteiger partial charge is 0.496 e. The number of aromatic nitrogens is 2. The molecule has 5 nitrogen and oxygen atoms in total. The number of hydrogen-bond acceptors (Lipinski definition) is 5. The van der Waals surface area contributed by atoms with Gasteiger partial charge in [-0.1, -0.05) is 40.2 Å². The average molecular weight is 427 g/mol. The quantitative estimate of drug-likeness (QED) is 0.661. The zero-order valence-corrected chi connectivity index (χ0v) is 17.2. The van der Waals surface area contributed by atoms with Crippen molar-refractivity contribution >= 4 is 32.5 Å². The molecule has 3 aromatic rings. The molecule has 1 N–H and O–H groups in total. The molecule has 0 unspecified atom stereocenters. The fraction of sp³-hybridized carbons (Fsp3) is 0.333. The first-order valence-corrected chi connectivity index (χ1v) is 9.99. The van der Waals surface area contributed by atoms with Gasteiger partial charge in [0, 0.05) is 33.4 Å². The van der Waals surface area contributed by atoms with Crippen LogP contribution in [0.4, 0.5) is 5.82 Å². The predicted molar refractivity (Wildman–Crippen MR) is 113 cm³/mol. The molecular formula is C21H23BrN4O. The Morgan fingerprint density at radius 1 is 1.15 bits per heavy atom. The number of hydrogen-bond donors (Lipinski definition) is 1. The summed E-state index contributed by atoms with van der Waals surface area (Å²) in [5.41, 5.74) is 1.77. The van der Waals surface area contributed by atoms with Gasteiger partial charge < -0.3 is 15.0 Å². The highest BCUT2D eigenvalue weighted by Gasteiger charge is 2.20. The Morgan fingerprint density at radius 3 is 2.74 bits per heavy atom. The van der Waals surface area contributed by atoms with Crippen LogP contribution >= 0.6 is 15.9 Å². The van der Waals surface area contributed by atoms with Gasteiger partial charge in [-0.2, -0.15) is 0 Å². The lowest BCUT2D eigenvalue weighted by Crippen LogP contribution is -2.40. The highest BCUT2D eigenvalue weighted by atomic mass is 79.9. The van der Waals surface area contributed by atoms with Crippen molar-refractivity contribution in [2.24, 2.45) is 0 Å². The van der Waals surface area contributed by atoms with Gasteiger partial charge >= 0.3 is 0 Å². The number of likely N-dealkylation sites (tertiary alicyclic amines) is 1. The molecule has 2 aromatic carbocycles. The molecule has 1 aliphatic rings. The van der Waals surface area contributed by atoms with E-state index in [9.17, 15) is 0 Å². The molecule has 140 valence electrons. The van der Waals surface area contributed by atoms with Crippen molar-refractivity contribution in [2.75, 3.05) is 32.6 Å². The van der Waals surface area contributed by atoms with E-state index in [0.717, 1.165) is 57.6 Å². The molecule has 1 aliphatic heterocycles. The van der Waals surface area contributed by atoms with Gasteiger partial charge in [-0.05, 0) is 44.6 Å². The van der Waals surface area contributed by atoms with Crippen molar-refractivity contribution in [1.29, 1.82) is 0 Å². The number of benzene rings is 2. The van der Waals surface area contributed by atoms with Crippen LogP contribution in [-0.2, 0) is 0 Å². The number of likely N-dealkylation sites (N-methyl/N-ethyl adjacent to an activating group) is 1. The monoisotopic (exact) mass is 426 g/mol. The van der Waals surface area contributed by atoms with Gasteiger partial charge in [0.05, 0.1) is 7.11 Å². The van der Waals surface area contributed by atoms with Crippen molar-refractivity contribution in [1.82, 2.24) is 15.1 Å². The summed E-state index contributed by atoms with van der Waals surface area (Å²) < 4.78 is 6.55. The molecular weight excluding hydrogens is 404 g/mol. The molecule has 0 amide bonds. The minimum atomic E-state index is 0.398. The number of nitrogens with zero attached hydrogens (tertiary/aromatic N) is 3. The minimum Gasteiger partial charge on any atom is -0.496 e. The second kappa shape index (κ2) is 7.82. The first-order chi connectivity index (χ1) is 13.2. The number of ether oxygens (including phenoxy) is 1. The van der Waals surface area contributed by atoms with E-state index in [1.54, 1.807) is 7.11 Å². The number of fused-ring (bicyclic) bond motifs is 1. The third-order valence-electron chi connectivity index (χ3n) is 5.07. The van der Waals surface area contributed by atoms with Crippen LogP contribution in [0, 0.1) is 0 Å². The SMILES string of the molecule is COc1cc(Br)ccc1-c1nnc(N[C@@H]2CCCN(C)C2)c2ccccc12. The zero-order chi connectivity index (χ0) is 18.8. The maximum atomic E-state index is 5.57. The Kier molecular flexibility index (Phi) is 5.27. The van der Waals surface area contributed by atoms with E-state index in [0.29, 0.717) is 6.04 Å². The van der Waals surface area contributed by atoms with Gasteiger partial charge in [0.2, 0.25) is 0 Å². The maximum Gasteiger partial charge on any atom is 0.156 e. The summed E-state index contributed by atoms with van der Waals surface area (Å²) in [6, 6.07) is 14.7. The van der Waals surface area contributed by atoms with Crippen LogP contribution in [-0.4, -0.2) is 48.4 Å². The second-order valence-electron chi connectivity index (χ2n) is 7.03. The molecule has 0 radical (unpaired) electrons. The van der Waals surface area contributed by atoms with E-state index in [4.69, 9.17) is 4.74 Å². The molecule has 0 spiro atoms. The van der Waals surface area contributed by atoms with E-state index in [1.807, 2.05) is 30.3 Å². The van der Waals surface area contributed by atoms with Crippen molar-refractivity contribution in [3.63, 3.8) is 0 Å². The molecule has 4 rings (SSSR count). The standard InChI is InChI=1S/C21H23BrN4O/c1-26-11-5-6-15(13-26)23-21-17-8-4-3-7-16(17)20(24-25-21)18-10-9-14(22)12-19(18)27-2/h3-4,7-10,12,15H,5-6,11,13H2,1-2H3,(H,23,25)/t15-/m1/s1. The number of anilines is 1. The van der Waals surface area contributed by atoms with Crippen molar-refractivity contribution in [2.45, 2.75) is 18.9 Å². The zero-order valence-electron chi connectivity index (χ0n) is 15.6. The number of nitrogens with one attached hydrogen (secondary N) is 1. The van der Waals surface area contributed by atoms with Crippen LogP contribution in [0.15, 0.2) is 46.9 Å². The summed E-state index contributed by atoms with van der Waals surface area (Å²) in [5, 5.41) is 14.9. The number of rotatable bonds is 4. The van der Waals surface area contributed by atoms with Crippen LogP contribution in [0.2, 0.25) is 0 Å². The van der Waals surface area contributed by atoms with Crippen LogP contribution in [0.3, 0.4) is 0 Å². The Hall–Kier alpha value is -2.18. The molecule has 6 heteroatoms. The van der Waals surface area contributed by atoms with Gasteiger partial charge in [-0.15, -0.1) is 10.2 Å². The second-order valence-corrected chi connectivity index (χ2v) is 7.95. The van der Waals surface area contributed by atoms with Gasteiger partial charge in [-0.3, -0.25) is 0 Å². The Balaban J connectivity index is 1.77. The summed E-state index contributed by atoms with van der Waals surface area (Å²) in [5.74, 6) is 1.63. The lowest BCUT2D eigenvalue weighted by Gasteiger charge is -2.30. The first kappa shape index (κ1) is 18.2. The topological polar surface area (TPSA) is 50.3 Å². The number of piperidine rings is 1. The molecule has 1 fully saturated rings. The summed E-state index contributed by atoms with van der Waals surface area (Å²) in [7, 11) is 3.84. The van der Waals surface area contributed by atoms with Crippen molar-refractivity contribution in [3.8, 4) is 17.0 Å². The highest BCUT2D eigenvalue weighted by Crippen LogP contribution is 2.36. The first-order valence-electron chi connectivity index (χ1n) is 9.20. The maximum absolute atomic E-state index is 5.57. The molecule has 2 heterocycles. The van der Waals surface area contributed by atoms with Crippen LogP contribution in [0.25, 0.3) is 22.0 Å². The summed E-state index contributed by atoms with van der Waals surface area (Å²) in [4.78, 5) is 2.36. The Bertz CT molecular complexity index is 962. The third-order valence-corrected chi connectivity index (χ3v) is 5.56. The molecule has 1 saturated heterocycles. The fourth-order valence-electron chi connectivity index (χ4n) is 3.75.